The minimum Gasteiger partial charge on any atom is -0.394 e. The lowest BCUT2D eigenvalue weighted by Crippen LogP contribution is -2.67. The fourth-order valence-electron chi connectivity index (χ4n) is 11.6. The van der Waals surface area contributed by atoms with Gasteiger partial charge in [-0.25, -0.2) is 0 Å². The molecule has 36 atom stereocenters. The van der Waals surface area contributed by atoms with Crippen LogP contribution >= 0.6 is 0 Å². The predicted octanol–water partition coefficient (Wildman–Crippen LogP) is -13.9. The van der Waals surface area contributed by atoms with E-state index >= 15 is 0 Å². The van der Waals surface area contributed by atoms with E-state index in [9.17, 15) is 97.0 Å². The average molecular weight is 1280 g/mol. The summed E-state index contributed by atoms with van der Waals surface area (Å²) in [5.41, 5.74) is 0. The van der Waals surface area contributed by atoms with E-state index < -0.39 is 280 Å². The summed E-state index contributed by atoms with van der Waals surface area (Å²) in [6.45, 7) is -7.44. The van der Waals surface area contributed by atoms with Crippen LogP contribution in [-0.4, -0.2) is 406 Å². The largest absolute Gasteiger partial charge is 0.394 e. The van der Waals surface area contributed by atoms with Crippen molar-refractivity contribution in [3.63, 3.8) is 0 Å². The van der Waals surface area contributed by atoms with Crippen LogP contribution in [0.3, 0.4) is 0 Å². The first-order chi connectivity index (χ1) is 41.5. The minimum atomic E-state index is -2.21. The first-order valence-corrected chi connectivity index (χ1v) is 27.9. The molecule has 19 N–H and O–H groups in total. The molecule has 0 bridgehead atoms. The van der Waals surface area contributed by atoms with Gasteiger partial charge in [0.25, 0.3) is 0 Å². The molecular formula is C49H84O38. The number of ether oxygens (including phenoxy) is 19. The van der Waals surface area contributed by atoms with Crippen LogP contribution in [0.4, 0.5) is 0 Å². The van der Waals surface area contributed by atoms with E-state index in [4.69, 9.17) is 90.0 Å². The number of hydrogen-bond acceptors (Lipinski definition) is 38. The molecule has 0 aromatic heterocycles. The van der Waals surface area contributed by atoms with Crippen molar-refractivity contribution >= 4 is 0 Å². The molecule has 8 heterocycles. The quantitative estimate of drug-likeness (QED) is 0.0340. The second-order valence-electron chi connectivity index (χ2n) is 21.9. The van der Waals surface area contributed by atoms with Crippen LogP contribution < -0.4 is 0 Å². The van der Waals surface area contributed by atoms with Crippen molar-refractivity contribution in [1.29, 1.82) is 0 Å². The van der Waals surface area contributed by atoms with Gasteiger partial charge in [0, 0.05) is 28.4 Å². The fraction of sp³-hybridized carbons (Fsp3) is 1.00. The molecule has 38 nitrogen and oxygen atoms in total. The van der Waals surface area contributed by atoms with Gasteiger partial charge in [0.15, 0.2) is 44.0 Å². The summed E-state index contributed by atoms with van der Waals surface area (Å²) in [5.74, 6) is -2.21. The molecular weight excluding hydrogens is 1200 g/mol. The number of fused-ring (bicyclic) bond motifs is 1. The normalized spacial score (nSPS) is 50.8. The van der Waals surface area contributed by atoms with E-state index in [-0.39, 0.29) is 0 Å². The molecule has 0 aromatic carbocycles. The smallest absolute Gasteiger partial charge is 0.230 e. The molecule has 8 aliphatic heterocycles. The second-order valence-corrected chi connectivity index (χ2v) is 21.9. The zero-order valence-corrected chi connectivity index (χ0v) is 47.3. The summed E-state index contributed by atoms with van der Waals surface area (Å²) >= 11 is 0. The number of methoxy groups -OCH3 is 4. The Morgan fingerprint density at radius 2 is 0.690 bits per heavy atom. The Balaban J connectivity index is 1.00. The Morgan fingerprint density at radius 1 is 0.345 bits per heavy atom. The van der Waals surface area contributed by atoms with Gasteiger partial charge in [-0.15, -0.1) is 0 Å². The highest BCUT2D eigenvalue weighted by Crippen LogP contribution is 2.52. The molecule has 8 fully saturated rings. The number of aliphatic hydroxyl groups excluding tert-OH is 19. The molecule has 38 heteroatoms. The topological polar surface area (TPSA) is 563 Å². The minimum absolute atomic E-state index is 0.746. The molecule has 0 amide bonds. The van der Waals surface area contributed by atoms with Crippen LogP contribution in [0.2, 0.25) is 0 Å². The van der Waals surface area contributed by atoms with Crippen molar-refractivity contribution in [3.05, 3.63) is 0 Å². The molecule has 87 heavy (non-hydrogen) atoms. The van der Waals surface area contributed by atoms with Gasteiger partial charge in [0.1, 0.15) is 171 Å². The van der Waals surface area contributed by atoms with Gasteiger partial charge in [-0.3, -0.25) is 0 Å². The van der Waals surface area contributed by atoms with E-state index in [1.165, 1.54) is 21.3 Å². The Kier molecular flexibility index (Phi) is 25.5. The lowest BCUT2D eigenvalue weighted by molar-refractivity contribution is -0.387. The van der Waals surface area contributed by atoms with Crippen LogP contribution in [0.5, 0.6) is 0 Å². The molecule has 8 aliphatic rings. The van der Waals surface area contributed by atoms with Crippen LogP contribution in [0.15, 0.2) is 0 Å². The van der Waals surface area contributed by atoms with E-state index in [0.29, 0.717) is 0 Å². The van der Waals surface area contributed by atoms with Gasteiger partial charge >= 0.3 is 0 Å². The Hall–Kier alpha value is -1.52. The van der Waals surface area contributed by atoms with Gasteiger partial charge in [-0.1, -0.05) is 0 Å². The first-order valence-electron chi connectivity index (χ1n) is 27.9. The number of epoxide rings is 1. The summed E-state index contributed by atoms with van der Waals surface area (Å²) in [6.07, 6.45) is -59.8. The highest BCUT2D eigenvalue weighted by atomic mass is 16.9. The monoisotopic (exact) mass is 1280 g/mol. The Bertz CT molecular complexity index is 2060. The van der Waals surface area contributed by atoms with Crippen molar-refractivity contribution < 1.29 is 187 Å². The van der Waals surface area contributed by atoms with Crippen LogP contribution in [-0.2, 0) is 90.0 Å². The molecule has 8 saturated heterocycles. The van der Waals surface area contributed by atoms with Gasteiger partial charge in [0.2, 0.25) is 5.79 Å². The van der Waals surface area contributed by atoms with Gasteiger partial charge in [-0.2, -0.15) is 0 Å². The van der Waals surface area contributed by atoms with Crippen molar-refractivity contribution in [3.8, 4) is 0 Å². The van der Waals surface area contributed by atoms with E-state index in [1.54, 1.807) is 0 Å². The molecule has 508 valence electrons. The van der Waals surface area contributed by atoms with Crippen molar-refractivity contribution in [2.45, 2.75) is 221 Å². The summed E-state index contributed by atoms with van der Waals surface area (Å²) in [4.78, 5) is 0. The zero-order valence-electron chi connectivity index (χ0n) is 47.3. The van der Waals surface area contributed by atoms with Gasteiger partial charge in [0.05, 0.1) is 59.5 Å². The fourth-order valence-corrected chi connectivity index (χ4v) is 11.6. The summed E-state index contributed by atoms with van der Waals surface area (Å²) in [5, 5.41) is 207. The lowest BCUT2D eigenvalue weighted by Gasteiger charge is -2.48. The van der Waals surface area contributed by atoms with Gasteiger partial charge in [-0.05, 0) is 0 Å². The number of aliphatic hydroxyl groups is 19. The second kappa shape index (κ2) is 31.1. The molecule has 0 aliphatic carbocycles. The van der Waals surface area contributed by atoms with Crippen molar-refractivity contribution in [2.75, 3.05) is 87.9 Å². The maximum atomic E-state index is 12.2. The van der Waals surface area contributed by atoms with Crippen LogP contribution in [0.1, 0.15) is 0 Å². The van der Waals surface area contributed by atoms with Crippen LogP contribution in [0.25, 0.3) is 0 Å². The molecule has 0 spiro atoms. The Morgan fingerprint density at radius 3 is 1.09 bits per heavy atom. The summed E-state index contributed by atoms with van der Waals surface area (Å²) in [7, 11) is 4.67. The number of hydrogen-bond donors (Lipinski definition) is 19. The van der Waals surface area contributed by atoms with E-state index in [0.717, 1.165) is 7.11 Å². The Labute approximate surface area is 494 Å². The highest BCUT2D eigenvalue weighted by Gasteiger charge is 2.74. The third-order valence-electron chi connectivity index (χ3n) is 16.4. The lowest BCUT2D eigenvalue weighted by atomic mass is 9.96. The highest BCUT2D eigenvalue weighted by molar-refractivity contribution is 5.11. The SMILES string of the molecule is CO[C@H]1OC(CO)[C@H](O[C@H]2OC(COCC(O)COC3[C@@H](O[C@]45O[C@@H]4C(O)[C@@H](O[C@H]4C(CO)O[C@H](OC)C(O)[C@H]4O)OC5CO)OC(CO)[C@H](O[C@H]4OC(CO)[C@@H](OC)[C@H](O)C4O)[C@@H]3O)[C@H](O[C@H]3OC(CO)[C@H](OC)[C@H](O)C3O)[C@H](O)C2O)[C@H](O)C1O. The third kappa shape index (κ3) is 14.7. The maximum Gasteiger partial charge on any atom is 0.230 e. The average Bonchev–Trinajstić information content (AvgIpc) is 1.56. The van der Waals surface area contributed by atoms with Crippen LogP contribution in [0, 0.1) is 0 Å². The number of rotatable bonds is 27. The first kappa shape index (κ1) is 71.3. The van der Waals surface area contributed by atoms with Gasteiger partial charge < -0.3 is 187 Å². The molecule has 15 unspecified atom stereocenters. The summed E-state index contributed by atoms with van der Waals surface area (Å²) < 4.78 is 108. The third-order valence-corrected chi connectivity index (χ3v) is 16.4. The predicted molar refractivity (Wildman–Crippen MR) is 266 cm³/mol. The molecule has 0 aromatic rings. The zero-order chi connectivity index (χ0) is 63.5. The standard InChI is InChI=1S/C49H84O38/c1-69-34-15(5-50)77-44(29(64)22(34)57)84-38-19(9-54)79-48(87-49-21(10-55)81-47(33(68)41(49)86-49)83-37-18(8-53)76-43(72-4)28(63)25(37)60)40(32(38)67)74-12-14(56)11-73-13-20-39(85-45-30(65)23(58)35(70-2)16(6-51)78-45)26(61)31(66)46(80-20)82-36-17(7-52)75-42(71-3)27(62)24(36)59/h14-48,50-68H,5-13H2,1-4H3/t14?,15?,16?,17?,18?,19?,20?,21?,22-,23-,24-,25-,26-,27?,28?,29?,30?,31?,32+,33?,34-,35+,36+,37+,38+,39+,40?,41-,42+,43+,44-,45-,46-,47-,48-,49+/m1/s1. The van der Waals surface area contributed by atoms with E-state index in [2.05, 4.69) is 0 Å². The molecule has 8 rings (SSSR count). The van der Waals surface area contributed by atoms with E-state index in [1.807, 2.05) is 0 Å². The van der Waals surface area contributed by atoms with Crippen molar-refractivity contribution in [1.82, 2.24) is 0 Å². The van der Waals surface area contributed by atoms with Crippen molar-refractivity contribution in [2.24, 2.45) is 0 Å². The summed E-state index contributed by atoms with van der Waals surface area (Å²) in [6, 6.07) is 0. The molecule has 0 saturated carbocycles. The molecule has 0 radical (unpaired) electrons. The maximum absolute atomic E-state index is 12.2.